The van der Waals surface area contributed by atoms with Crippen molar-refractivity contribution in [3.63, 3.8) is 0 Å². The van der Waals surface area contributed by atoms with Gasteiger partial charge in [-0.3, -0.25) is 0 Å². The second-order valence-electron chi connectivity index (χ2n) is 10.5. The van der Waals surface area contributed by atoms with Crippen LogP contribution in [0.5, 0.6) is 0 Å². The summed E-state index contributed by atoms with van der Waals surface area (Å²) in [5.74, 6) is 0.726. The third-order valence-corrected chi connectivity index (χ3v) is 7.76. The predicted molar refractivity (Wildman–Crippen MR) is 142 cm³/mol. The topological polar surface area (TPSA) is 106 Å². The number of carbonyl (C=O) groups is 2. The van der Waals surface area contributed by atoms with Crippen molar-refractivity contribution >= 4 is 23.7 Å². The summed E-state index contributed by atoms with van der Waals surface area (Å²) in [6.45, 7) is 4.44. The number of piperidine rings is 1. The van der Waals surface area contributed by atoms with Crippen LogP contribution < -0.4 is 16.4 Å². The molecule has 1 aliphatic carbocycles. The molecule has 0 spiro atoms. The normalized spacial score (nSPS) is 21.3. The summed E-state index contributed by atoms with van der Waals surface area (Å²) in [5.41, 5.74) is 6.72. The molecule has 1 heterocycles. The number of nitrogens with two attached hydrogens (primary N) is 1. The second-order valence-corrected chi connectivity index (χ2v) is 11.0. The van der Waals surface area contributed by atoms with Crippen LogP contribution in [0, 0.1) is 11.8 Å². The van der Waals surface area contributed by atoms with Crippen LogP contribution in [-0.2, 0) is 9.47 Å². The van der Waals surface area contributed by atoms with Crippen molar-refractivity contribution in [3.8, 4) is 0 Å². The standard InChI is InChI=1S/C27H43ClN4O4/c1-27(19-29,17-20-8-4-3-5-9-20)31-25(33)32-14-7-11-22(18-32)24(21-10-6-12-23(28)16-21)36-15-13-30-26(34)35-2/h6,10,12,16,20,22,24H,3-5,7-9,11,13-15,17-19,29H2,1-2H3,(H,30,34)(H,31,33). The first-order valence-electron chi connectivity index (χ1n) is 13.3. The van der Waals surface area contributed by atoms with Gasteiger partial charge in [-0.25, -0.2) is 9.59 Å². The van der Waals surface area contributed by atoms with Crippen LogP contribution in [0.3, 0.4) is 0 Å². The van der Waals surface area contributed by atoms with Crippen LogP contribution in [-0.4, -0.2) is 62.5 Å². The maximum atomic E-state index is 13.4. The molecular formula is C27H43ClN4O4. The minimum atomic E-state index is -0.491. The number of methoxy groups -OCH3 is 1. The molecule has 0 bridgehead atoms. The van der Waals surface area contributed by atoms with E-state index in [-0.39, 0.29) is 18.1 Å². The Morgan fingerprint density at radius 3 is 2.69 bits per heavy atom. The minimum absolute atomic E-state index is 0.0549. The summed E-state index contributed by atoms with van der Waals surface area (Å²) in [4.78, 5) is 26.7. The highest BCUT2D eigenvalue weighted by Gasteiger charge is 2.35. The number of nitrogens with one attached hydrogen (secondary N) is 2. The number of amides is 3. The number of hydrogen-bond donors (Lipinski definition) is 3. The number of benzene rings is 1. The summed E-state index contributed by atoms with van der Waals surface area (Å²) in [7, 11) is 1.33. The van der Waals surface area contributed by atoms with Gasteiger partial charge >= 0.3 is 12.1 Å². The van der Waals surface area contributed by atoms with E-state index in [0.717, 1.165) is 24.8 Å². The lowest BCUT2D eigenvalue weighted by molar-refractivity contribution is -0.00892. The summed E-state index contributed by atoms with van der Waals surface area (Å²) >= 11 is 6.28. The molecule has 1 aliphatic heterocycles. The molecule has 202 valence electrons. The van der Waals surface area contributed by atoms with Crippen LogP contribution in [0.2, 0.25) is 5.02 Å². The number of halogens is 1. The Bertz CT molecular complexity index is 851. The Morgan fingerprint density at radius 1 is 1.22 bits per heavy atom. The number of rotatable bonds is 10. The smallest absolute Gasteiger partial charge is 0.406 e. The molecule has 36 heavy (non-hydrogen) atoms. The molecule has 3 amide bonds. The van der Waals surface area contributed by atoms with Gasteiger partial charge in [0.05, 0.1) is 25.4 Å². The van der Waals surface area contributed by atoms with E-state index in [1.54, 1.807) is 0 Å². The maximum absolute atomic E-state index is 13.4. The first-order chi connectivity index (χ1) is 17.3. The number of urea groups is 1. The Balaban J connectivity index is 1.64. The van der Waals surface area contributed by atoms with Crippen LogP contribution in [0.25, 0.3) is 0 Å². The quantitative estimate of drug-likeness (QED) is 0.380. The van der Waals surface area contributed by atoms with E-state index < -0.39 is 11.6 Å². The Kier molecular flexibility index (Phi) is 11.1. The molecule has 0 radical (unpaired) electrons. The zero-order valence-corrected chi connectivity index (χ0v) is 22.5. The van der Waals surface area contributed by atoms with Gasteiger partial charge in [0.2, 0.25) is 0 Å². The van der Waals surface area contributed by atoms with E-state index >= 15 is 0 Å². The van der Waals surface area contributed by atoms with Gasteiger partial charge in [-0.15, -0.1) is 0 Å². The molecule has 4 N–H and O–H groups in total. The number of ether oxygens (including phenoxy) is 2. The van der Waals surface area contributed by atoms with E-state index in [1.807, 2.05) is 29.2 Å². The monoisotopic (exact) mass is 522 g/mol. The molecular weight excluding hydrogens is 480 g/mol. The summed E-state index contributed by atoms with van der Waals surface area (Å²) < 4.78 is 10.9. The predicted octanol–water partition coefficient (Wildman–Crippen LogP) is 4.86. The fourth-order valence-corrected chi connectivity index (χ4v) is 5.79. The first-order valence-corrected chi connectivity index (χ1v) is 13.7. The van der Waals surface area contributed by atoms with Crippen molar-refractivity contribution in [1.82, 2.24) is 15.5 Å². The molecule has 8 nitrogen and oxygen atoms in total. The number of alkyl carbamates (subject to hydrolysis) is 1. The highest BCUT2D eigenvalue weighted by molar-refractivity contribution is 6.30. The van der Waals surface area contributed by atoms with Gasteiger partial charge in [0, 0.05) is 37.1 Å². The fourth-order valence-electron chi connectivity index (χ4n) is 5.59. The zero-order valence-electron chi connectivity index (χ0n) is 21.8. The molecule has 0 aromatic heterocycles. The van der Waals surface area contributed by atoms with Gasteiger partial charge in [-0.2, -0.15) is 0 Å². The van der Waals surface area contributed by atoms with E-state index in [1.165, 1.54) is 39.2 Å². The molecule has 9 heteroatoms. The van der Waals surface area contributed by atoms with Crippen molar-refractivity contribution in [3.05, 3.63) is 34.9 Å². The lowest BCUT2D eigenvalue weighted by atomic mass is 9.80. The van der Waals surface area contributed by atoms with Gasteiger partial charge in [0.1, 0.15) is 0 Å². The third-order valence-electron chi connectivity index (χ3n) is 7.53. The van der Waals surface area contributed by atoms with E-state index in [2.05, 4.69) is 22.3 Å². The highest BCUT2D eigenvalue weighted by Crippen LogP contribution is 2.35. The Labute approximate surface area is 220 Å². The van der Waals surface area contributed by atoms with Crippen molar-refractivity contribution in [2.45, 2.75) is 69.9 Å². The Hall–Kier alpha value is -2.03. The van der Waals surface area contributed by atoms with E-state index in [4.69, 9.17) is 22.1 Å². The number of likely N-dealkylation sites (tertiary alicyclic amines) is 1. The van der Waals surface area contributed by atoms with Gasteiger partial charge in [0.25, 0.3) is 0 Å². The average molecular weight is 523 g/mol. The van der Waals surface area contributed by atoms with E-state index in [9.17, 15) is 9.59 Å². The van der Waals surface area contributed by atoms with Gasteiger partial charge < -0.3 is 30.7 Å². The molecule has 1 aromatic carbocycles. The van der Waals surface area contributed by atoms with Crippen LogP contribution in [0.15, 0.2) is 24.3 Å². The molecule has 1 aromatic rings. The zero-order chi connectivity index (χ0) is 26.0. The largest absolute Gasteiger partial charge is 0.453 e. The average Bonchev–Trinajstić information content (AvgIpc) is 2.89. The lowest BCUT2D eigenvalue weighted by Gasteiger charge is -2.40. The molecule has 3 rings (SSSR count). The highest BCUT2D eigenvalue weighted by atomic mass is 35.5. The molecule has 2 fully saturated rings. The van der Waals surface area contributed by atoms with Gasteiger partial charge in [-0.1, -0.05) is 55.8 Å². The SMILES string of the molecule is COC(=O)NCCOC(c1cccc(Cl)c1)C1CCCN(C(=O)NC(C)(CN)CC2CCCCC2)C1. The fraction of sp³-hybridized carbons (Fsp3) is 0.704. The lowest BCUT2D eigenvalue weighted by Crippen LogP contribution is -2.57. The van der Waals surface area contributed by atoms with Crippen LogP contribution in [0.4, 0.5) is 9.59 Å². The molecule has 1 saturated heterocycles. The molecule has 1 saturated carbocycles. The number of hydrogen-bond acceptors (Lipinski definition) is 5. The number of nitrogens with zero attached hydrogens (tertiary/aromatic N) is 1. The molecule has 3 unspecified atom stereocenters. The van der Waals surface area contributed by atoms with Gasteiger partial charge in [-0.05, 0) is 49.8 Å². The first kappa shape index (κ1) is 28.5. The number of carbonyl (C=O) groups excluding carboxylic acids is 2. The van der Waals surface area contributed by atoms with E-state index in [0.29, 0.717) is 43.7 Å². The molecule has 3 atom stereocenters. The van der Waals surface area contributed by atoms with Crippen LogP contribution in [0.1, 0.15) is 70.0 Å². The van der Waals surface area contributed by atoms with Crippen molar-refractivity contribution < 1.29 is 19.1 Å². The van der Waals surface area contributed by atoms with Crippen molar-refractivity contribution in [2.75, 3.05) is 39.9 Å². The second kappa shape index (κ2) is 14.1. The van der Waals surface area contributed by atoms with Crippen LogP contribution >= 0.6 is 11.6 Å². The summed E-state index contributed by atoms with van der Waals surface area (Å²) in [5, 5.41) is 6.57. The molecule has 2 aliphatic rings. The van der Waals surface area contributed by atoms with Gasteiger partial charge in [0.15, 0.2) is 0 Å². The van der Waals surface area contributed by atoms with Crippen molar-refractivity contribution in [1.29, 1.82) is 0 Å². The minimum Gasteiger partial charge on any atom is -0.453 e. The van der Waals surface area contributed by atoms with Crippen molar-refractivity contribution in [2.24, 2.45) is 17.6 Å². The summed E-state index contributed by atoms with van der Waals surface area (Å²) in [6.07, 6.45) is 8.31. The third kappa shape index (κ3) is 8.53. The summed E-state index contributed by atoms with van der Waals surface area (Å²) in [6, 6.07) is 7.60. The maximum Gasteiger partial charge on any atom is 0.406 e. The Morgan fingerprint density at radius 2 is 2.00 bits per heavy atom.